The molecule has 9 rings (SSSR count). The lowest BCUT2D eigenvalue weighted by molar-refractivity contribution is 0.477. The number of para-hydroxylation sites is 4. The van der Waals surface area contributed by atoms with Crippen molar-refractivity contribution in [1.29, 1.82) is 0 Å². The second-order valence-corrected chi connectivity index (χ2v) is 11.2. The van der Waals surface area contributed by atoms with Crippen molar-refractivity contribution in [1.82, 2.24) is 4.98 Å². The second-order valence-electron chi connectivity index (χ2n) is 11.2. The van der Waals surface area contributed by atoms with Crippen LogP contribution in [-0.4, -0.2) is 4.98 Å². The van der Waals surface area contributed by atoms with Crippen LogP contribution in [0.15, 0.2) is 158 Å². The van der Waals surface area contributed by atoms with Crippen molar-refractivity contribution in [2.24, 2.45) is 0 Å². The van der Waals surface area contributed by atoms with Crippen LogP contribution < -0.4 is 9.64 Å². The summed E-state index contributed by atoms with van der Waals surface area (Å²) >= 11 is 0. The van der Waals surface area contributed by atoms with Gasteiger partial charge in [0.15, 0.2) is 11.5 Å². The van der Waals surface area contributed by atoms with E-state index in [4.69, 9.17) is 9.72 Å². The highest BCUT2D eigenvalue weighted by Crippen LogP contribution is 2.51. The molecule has 8 aromatic rings. The van der Waals surface area contributed by atoms with E-state index in [0.29, 0.717) is 0 Å². The maximum atomic E-state index is 6.33. The zero-order valence-corrected chi connectivity index (χ0v) is 23.8. The van der Waals surface area contributed by atoms with E-state index < -0.39 is 0 Å². The molecule has 0 atom stereocenters. The van der Waals surface area contributed by atoms with Crippen LogP contribution in [0.1, 0.15) is 0 Å². The van der Waals surface area contributed by atoms with Crippen LogP contribution in [0, 0.1) is 0 Å². The summed E-state index contributed by atoms with van der Waals surface area (Å²) < 4.78 is 6.33. The van der Waals surface area contributed by atoms with Gasteiger partial charge in [-0.2, -0.15) is 0 Å². The highest BCUT2D eigenvalue weighted by molar-refractivity contribution is 6.25. The molecule has 1 aliphatic rings. The van der Waals surface area contributed by atoms with E-state index in [0.717, 1.165) is 50.9 Å². The molecule has 206 valence electrons. The molecule has 44 heavy (non-hydrogen) atoms. The molecule has 1 aliphatic heterocycles. The van der Waals surface area contributed by atoms with Gasteiger partial charge in [0.05, 0.1) is 17.1 Å². The van der Waals surface area contributed by atoms with Gasteiger partial charge in [-0.1, -0.05) is 91.0 Å². The predicted octanol–water partition coefficient (Wildman–Crippen LogP) is 11.5. The van der Waals surface area contributed by atoms with Crippen LogP contribution in [-0.2, 0) is 0 Å². The number of fused-ring (bicyclic) bond motifs is 8. The minimum absolute atomic E-state index is 0.833. The van der Waals surface area contributed by atoms with Gasteiger partial charge in [-0.25, -0.2) is 0 Å². The first-order valence-corrected chi connectivity index (χ1v) is 14.9. The Morgan fingerprint density at radius 1 is 0.409 bits per heavy atom. The molecule has 2 heterocycles. The van der Waals surface area contributed by atoms with Gasteiger partial charge >= 0.3 is 0 Å². The number of ether oxygens (including phenoxy) is 1. The molecule has 0 spiro atoms. The van der Waals surface area contributed by atoms with Gasteiger partial charge in [0.2, 0.25) is 0 Å². The third-order valence-electron chi connectivity index (χ3n) is 8.65. The van der Waals surface area contributed by atoms with Crippen LogP contribution in [0.3, 0.4) is 0 Å². The number of hydrogen-bond acceptors (Lipinski definition) is 3. The molecule has 0 N–H and O–H groups in total. The van der Waals surface area contributed by atoms with Gasteiger partial charge in [-0.3, -0.25) is 4.98 Å². The number of hydrogen-bond donors (Lipinski definition) is 0. The van der Waals surface area contributed by atoms with Crippen molar-refractivity contribution in [3.8, 4) is 33.9 Å². The second kappa shape index (κ2) is 9.82. The quantitative estimate of drug-likeness (QED) is 0.200. The molecule has 0 fully saturated rings. The van der Waals surface area contributed by atoms with Gasteiger partial charge in [-0.15, -0.1) is 0 Å². The van der Waals surface area contributed by atoms with Gasteiger partial charge in [-0.05, 0) is 104 Å². The third-order valence-corrected chi connectivity index (χ3v) is 8.65. The fourth-order valence-electron chi connectivity index (χ4n) is 6.66. The van der Waals surface area contributed by atoms with E-state index in [1.807, 2.05) is 42.6 Å². The van der Waals surface area contributed by atoms with Crippen molar-refractivity contribution in [2.75, 3.05) is 4.90 Å². The summed E-state index contributed by atoms with van der Waals surface area (Å²) in [7, 11) is 0. The van der Waals surface area contributed by atoms with Gasteiger partial charge in [0.1, 0.15) is 0 Å². The Bertz CT molecular complexity index is 2300. The molecule has 1 aromatic heterocycles. The molecular weight excluding hydrogens is 536 g/mol. The van der Waals surface area contributed by atoms with Crippen LogP contribution in [0.4, 0.5) is 17.1 Å². The minimum atomic E-state index is 0.833. The number of aromatic nitrogens is 1. The van der Waals surface area contributed by atoms with Crippen molar-refractivity contribution in [2.45, 2.75) is 0 Å². The Morgan fingerprint density at radius 2 is 0.955 bits per heavy atom. The lowest BCUT2D eigenvalue weighted by Gasteiger charge is -2.33. The maximum absolute atomic E-state index is 6.33. The average molecular weight is 563 g/mol. The Morgan fingerprint density at radius 3 is 1.59 bits per heavy atom. The predicted molar refractivity (Wildman–Crippen MR) is 182 cm³/mol. The lowest BCUT2D eigenvalue weighted by atomic mass is 9.91. The van der Waals surface area contributed by atoms with Crippen LogP contribution >= 0.6 is 0 Å². The Labute approximate surface area is 255 Å². The van der Waals surface area contributed by atoms with Crippen LogP contribution in [0.25, 0.3) is 54.7 Å². The SMILES string of the molecule is c1ccc(-c2cc(-c3ccc4c5ccccc5c5ccccc5c4c3)cc(N3c4ccccc4Oc4ccccc43)c2)nc1. The van der Waals surface area contributed by atoms with Gasteiger partial charge in [0.25, 0.3) is 0 Å². The Hall–Kier alpha value is -5.93. The first kappa shape index (κ1) is 24.6. The van der Waals surface area contributed by atoms with Gasteiger partial charge in [0, 0.05) is 17.4 Å². The van der Waals surface area contributed by atoms with Crippen LogP contribution in [0.5, 0.6) is 11.5 Å². The molecule has 0 saturated carbocycles. The molecule has 3 nitrogen and oxygen atoms in total. The van der Waals surface area contributed by atoms with E-state index >= 15 is 0 Å². The zero-order valence-electron chi connectivity index (χ0n) is 23.8. The van der Waals surface area contributed by atoms with Crippen molar-refractivity contribution in [3.63, 3.8) is 0 Å². The molecule has 0 radical (unpaired) electrons. The normalized spacial score (nSPS) is 12.2. The molecule has 0 unspecified atom stereocenters. The maximum Gasteiger partial charge on any atom is 0.151 e. The Kier molecular flexibility index (Phi) is 5.50. The highest BCUT2D eigenvalue weighted by Gasteiger charge is 2.26. The fraction of sp³-hybridized carbons (Fsp3) is 0. The number of benzene rings is 7. The largest absolute Gasteiger partial charge is 0.453 e. The molecule has 7 aromatic carbocycles. The fourth-order valence-corrected chi connectivity index (χ4v) is 6.66. The molecule has 0 saturated heterocycles. The first-order valence-electron chi connectivity index (χ1n) is 14.9. The molecular formula is C41H26N2O. The Balaban J connectivity index is 1.31. The number of rotatable bonds is 3. The average Bonchev–Trinajstić information content (AvgIpc) is 3.10. The summed E-state index contributed by atoms with van der Waals surface area (Å²) in [6.07, 6.45) is 1.86. The van der Waals surface area contributed by atoms with E-state index in [2.05, 4.69) is 120 Å². The smallest absolute Gasteiger partial charge is 0.151 e. The van der Waals surface area contributed by atoms with Crippen molar-refractivity contribution >= 4 is 49.4 Å². The monoisotopic (exact) mass is 562 g/mol. The van der Waals surface area contributed by atoms with E-state index in [1.54, 1.807) is 0 Å². The summed E-state index contributed by atoms with van der Waals surface area (Å²) in [6, 6.07) is 53.7. The van der Waals surface area contributed by atoms with Crippen molar-refractivity contribution in [3.05, 3.63) is 158 Å². The zero-order chi connectivity index (χ0) is 29.0. The topological polar surface area (TPSA) is 25.4 Å². The first-order chi connectivity index (χ1) is 21.8. The summed E-state index contributed by atoms with van der Waals surface area (Å²) in [5, 5.41) is 7.62. The van der Waals surface area contributed by atoms with Crippen molar-refractivity contribution < 1.29 is 4.74 Å². The van der Waals surface area contributed by atoms with Crippen LogP contribution in [0.2, 0.25) is 0 Å². The number of anilines is 3. The van der Waals surface area contributed by atoms with E-state index in [-0.39, 0.29) is 0 Å². The summed E-state index contributed by atoms with van der Waals surface area (Å²) in [4.78, 5) is 7.04. The standard InChI is InChI=1S/C41H26N2O/c1-2-13-33-31(11-1)32-12-3-4-14-34(32)36-26-27(20-21-35(33)36)28-23-29(37-15-9-10-22-42-37)25-30(24-28)43-38-16-5-7-18-40(38)44-41-19-8-6-17-39(41)43/h1-26H. The summed E-state index contributed by atoms with van der Waals surface area (Å²) in [5.41, 5.74) is 7.34. The molecule has 0 bridgehead atoms. The lowest BCUT2D eigenvalue weighted by Crippen LogP contribution is -2.15. The molecule has 0 amide bonds. The minimum Gasteiger partial charge on any atom is -0.453 e. The van der Waals surface area contributed by atoms with E-state index in [1.165, 1.54) is 32.3 Å². The molecule has 0 aliphatic carbocycles. The summed E-state index contributed by atoms with van der Waals surface area (Å²) in [5.74, 6) is 1.67. The van der Waals surface area contributed by atoms with E-state index in [9.17, 15) is 0 Å². The highest BCUT2D eigenvalue weighted by atomic mass is 16.5. The third kappa shape index (κ3) is 3.87. The van der Waals surface area contributed by atoms with Gasteiger partial charge < -0.3 is 9.64 Å². The number of pyridine rings is 1. The summed E-state index contributed by atoms with van der Waals surface area (Å²) in [6.45, 7) is 0. The molecule has 3 heteroatoms. The number of nitrogens with zero attached hydrogens (tertiary/aromatic N) is 2.